The van der Waals surface area contributed by atoms with Crippen molar-refractivity contribution in [3.8, 4) is 22.5 Å². The molecule has 13 heteroatoms. The third-order valence-corrected chi connectivity index (χ3v) is 7.39. The summed E-state index contributed by atoms with van der Waals surface area (Å²) < 4.78 is 53.4. The first-order chi connectivity index (χ1) is 20.2. The fourth-order valence-electron chi connectivity index (χ4n) is 4.99. The average molecular weight is 597 g/mol. The topological polar surface area (TPSA) is 108 Å². The predicted molar refractivity (Wildman–Crippen MR) is 150 cm³/mol. The minimum atomic E-state index is -4.61. The monoisotopic (exact) mass is 596 g/mol. The lowest BCUT2D eigenvalue weighted by Crippen LogP contribution is -2.29. The molecule has 0 saturated carbocycles. The molecule has 0 aliphatic carbocycles. The minimum Gasteiger partial charge on any atom is -0.381 e. The van der Waals surface area contributed by atoms with Crippen molar-refractivity contribution in [3.05, 3.63) is 87.1 Å². The Morgan fingerprint density at radius 1 is 1.07 bits per heavy atom. The van der Waals surface area contributed by atoms with E-state index in [4.69, 9.17) is 20.9 Å². The van der Waals surface area contributed by atoms with E-state index in [-0.39, 0.29) is 40.3 Å². The minimum absolute atomic E-state index is 0.0712. The number of rotatable bonds is 6. The number of hydrogen-bond acceptors (Lipinski definition) is 8. The van der Waals surface area contributed by atoms with Crippen molar-refractivity contribution in [1.29, 1.82) is 0 Å². The van der Waals surface area contributed by atoms with Crippen LogP contribution in [-0.4, -0.2) is 43.9 Å². The maximum Gasteiger partial charge on any atom is 0.416 e. The van der Waals surface area contributed by atoms with Gasteiger partial charge in [0.05, 0.1) is 12.1 Å². The summed E-state index contributed by atoms with van der Waals surface area (Å²) >= 11 is 6.64. The highest BCUT2D eigenvalue weighted by atomic mass is 35.5. The van der Waals surface area contributed by atoms with Gasteiger partial charge in [0.15, 0.2) is 0 Å². The second kappa shape index (κ2) is 11.2. The second-order valence-corrected chi connectivity index (χ2v) is 10.3. The first-order valence-electron chi connectivity index (χ1n) is 13.2. The van der Waals surface area contributed by atoms with Crippen LogP contribution in [0.25, 0.3) is 33.5 Å². The summed E-state index contributed by atoms with van der Waals surface area (Å²) in [5.74, 6) is 0.989. The number of benzene rings is 2. The molecule has 216 valence electrons. The summed E-state index contributed by atoms with van der Waals surface area (Å²) in [6.07, 6.45) is -1.55. The molecule has 0 radical (unpaired) electrons. The van der Waals surface area contributed by atoms with Crippen LogP contribution in [0.3, 0.4) is 0 Å². The van der Waals surface area contributed by atoms with Crippen molar-refractivity contribution in [3.63, 3.8) is 0 Å². The molecule has 1 fully saturated rings. The lowest BCUT2D eigenvalue weighted by atomic mass is 10.0. The van der Waals surface area contributed by atoms with Crippen molar-refractivity contribution in [2.24, 2.45) is 0 Å². The third-order valence-electron chi connectivity index (χ3n) is 7.08. The van der Waals surface area contributed by atoms with Crippen molar-refractivity contribution < 1.29 is 22.4 Å². The molecule has 0 amide bonds. The van der Waals surface area contributed by atoms with E-state index in [1.807, 2.05) is 0 Å². The highest BCUT2D eigenvalue weighted by Gasteiger charge is 2.33. The Bertz CT molecular complexity index is 1830. The zero-order valence-corrected chi connectivity index (χ0v) is 23.0. The van der Waals surface area contributed by atoms with Crippen LogP contribution in [0.4, 0.5) is 19.1 Å². The molecule has 5 aromatic rings. The fraction of sp³-hybridized carbons (Fsp3) is 0.276. The smallest absolute Gasteiger partial charge is 0.381 e. The van der Waals surface area contributed by atoms with Crippen LogP contribution in [-0.2, 0) is 17.5 Å². The van der Waals surface area contributed by atoms with Crippen molar-refractivity contribution in [2.75, 3.05) is 18.5 Å². The molecule has 0 unspecified atom stereocenters. The third kappa shape index (κ3) is 5.59. The normalized spacial score (nSPS) is 14.4. The molecule has 1 aliphatic heterocycles. The zero-order chi connectivity index (χ0) is 29.4. The van der Waals surface area contributed by atoms with E-state index in [1.54, 1.807) is 37.4 Å². The van der Waals surface area contributed by atoms with Gasteiger partial charge in [0.1, 0.15) is 5.65 Å². The van der Waals surface area contributed by atoms with E-state index in [0.717, 1.165) is 18.9 Å². The summed E-state index contributed by atoms with van der Waals surface area (Å²) in [4.78, 5) is 27.3. The molecule has 1 saturated heterocycles. The molecule has 2 aromatic carbocycles. The number of nitrogens with zero attached hydrogens (tertiary/aromatic N) is 5. The Hall–Kier alpha value is -4.29. The molecule has 0 spiro atoms. The molecule has 6 rings (SSSR count). The standard InChI is InChI=1S/C29H24ClF3N6O3/c1-16-35-25(38-42-16)17-6-7-21(24(30)13-17)22-12-19-14-34-28(36-20-8-10-41-11-9-20)37-26(19)39(27(22)40)15-18-4-2-3-5-23(18)29(31,32)33/h2-7,12-14,20H,8-11,15H2,1H3,(H,34,36,37). The maximum atomic E-state index is 14.0. The Morgan fingerprint density at radius 3 is 2.57 bits per heavy atom. The lowest BCUT2D eigenvalue weighted by molar-refractivity contribution is -0.138. The Balaban J connectivity index is 1.49. The number of ether oxygens (including phenoxy) is 1. The van der Waals surface area contributed by atoms with E-state index in [9.17, 15) is 18.0 Å². The van der Waals surface area contributed by atoms with E-state index < -0.39 is 17.3 Å². The molecule has 3 aromatic heterocycles. The second-order valence-electron chi connectivity index (χ2n) is 9.94. The number of aryl methyl sites for hydroxylation is 1. The summed E-state index contributed by atoms with van der Waals surface area (Å²) in [5, 5.41) is 7.84. The van der Waals surface area contributed by atoms with E-state index in [2.05, 4.69) is 25.4 Å². The van der Waals surface area contributed by atoms with Gasteiger partial charge in [0, 0.05) is 59.5 Å². The van der Waals surface area contributed by atoms with Gasteiger partial charge in [-0.2, -0.15) is 23.1 Å². The first kappa shape index (κ1) is 27.9. The number of halogens is 4. The van der Waals surface area contributed by atoms with Crippen molar-refractivity contribution in [2.45, 2.75) is 38.5 Å². The number of aromatic nitrogens is 5. The summed E-state index contributed by atoms with van der Waals surface area (Å²) in [6, 6.07) is 11.8. The van der Waals surface area contributed by atoms with Crippen molar-refractivity contribution >= 4 is 28.6 Å². The molecule has 0 bridgehead atoms. The summed E-state index contributed by atoms with van der Waals surface area (Å²) in [7, 11) is 0. The zero-order valence-electron chi connectivity index (χ0n) is 22.3. The summed E-state index contributed by atoms with van der Waals surface area (Å²) in [6.45, 7) is 2.48. The highest BCUT2D eigenvalue weighted by Crippen LogP contribution is 2.34. The maximum absolute atomic E-state index is 14.0. The average Bonchev–Trinajstić information content (AvgIpc) is 3.41. The van der Waals surface area contributed by atoms with Gasteiger partial charge in [0.25, 0.3) is 5.56 Å². The van der Waals surface area contributed by atoms with Crippen molar-refractivity contribution in [1.82, 2.24) is 24.7 Å². The molecule has 9 nitrogen and oxygen atoms in total. The number of hydrogen-bond donors (Lipinski definition) is 1. The van der Waals surface area contributed by atoms with Crippen LogP contribution in [0, 0.1) is 6.92 Å². The van der Waals surface area contributed by atoms with Crippen LogP contribution in [0.15, 0.2) is 64.0 Å². The lowest BCUT2D eigenvalue weighted by Gasteiger charge is -2.23. The molecule has 4 heterocycles. The van der Waals surface area contributed by atoms with E-state index >= 15 is 0 Å². The van der Waals surface area contributed by atoms with Crippen LogP contribution in [0.1, 0.15) is 29.9 Å². The predicted octanol–water partition coefficient (Wildman–Crippen LogP) is 6.13. The molecule has 42 heavy (non-hydrogen) atoms. The number of anilines is 1. The number of nitrogens with one attached hydrogen (secondary N) is 1. The van der Waals surface area contributed by atoms with E-state index in [1.165, 1.54) is 22.8 Å². The van der Waals surface area contributed by atoms with Gasteiger partial charge in [0.2, 0.25) is 17.7 Å². The van der Waals surface area contributed by atoms with Gasteiger partial charge in [-0.25, -0.2) is 4.98 Å². The highest BCUT2D eigenvalue weighted by molar-refractivity contribution is 6.33. The Labute approximate surface area is 242 Å². The van der Waals surface area contributed by atoms with Gasteiger partial charge >= 0.3 is 6.18 Å². The summed E-state index contributed by atoms with van der Waals surface area (Å²) in [5.41, 5.74) is -0.121. The molecular weight excluding hydrogens is 573 g/mol. The van der Waals surface area contributed by atoms with Gasteiger partial charge in [-0.1, -0.05) is 47.1 Å². The van der Waals surface area contributed by atoms with Crippen LogP contribution in [0.2, 0.25) is 5.02 Å². The Kier molecular flexibility index (Phi) is 7.42. The largest absolute Gasteiger partial charge is 0.416 e. The number of fused-ring (bicyclic) bond motifs is 1. The SMILES string of the molecule is Cc1nc(-c2ccc(-c3cc4cnc(NC5CCOCC5)nc4n(Cc4ccccc4C(F)(F)F)c3=O)c(Cl)c2)no1. The molecule has 1 N–H and O–H groups in total. The van der Waals surface area contributed by atoms with Gasteiger partial charge in [-0.3, -0.25) is 9.36 Å². The molecule has 0 atom stereocenters. The van der Waals surface area contributed by atoms with Gasteiger partial charge < -0.3 is 14.6 Å². The van der Waals surface area contributed by atoms with Crippen LogP contribution >= 0.6 is 11.6 Å². The van der Waals surface area contributed by atoms with Gasteiger partial charge in [-0.15, -0.1) is 0 Å². The molecular formula is C29H24ClF3N6O3. The Morgan fingerprint density at radius 2 is 1.86 bits per heavy atom. The van der Waals surface area contributed by atoms with Crippen LogP contribution in [0.5, 0.6) is 0 Å². The van der Waals surface area contributed by atoms with Gasteiger partial charge in [-0.05, 0) is 36.6 Å². The fourth-order valence-corrected chi connectivity index (χ4v) is 5.27. The quantitative estimate of drug-likeness (QED) is 0.249. The molecule has 1 aliphatic rings. The first-order valence-corrected chi connectivity index (χ1v) is 13.6. The number of alkyl halides is 3. The van der Waals surface area contributed by atoms with Crippen LogP contribution < -0.4 is 10.9 Å². The van der Waals surface area contributed by atoms with E-state index in [0.29, 0.717) is 41.4 Å². The number of pyridine rings is 1.